The Balaban J connectivity index is 1.87. The second kappa shape index (κ2) is 8.25. The van der Waals surface area contributed by atoms with Crippen LogP contribution in [0.4, 0.5) is 0 Å². The summed E-state index contributed by atoms with van der Waals surface area (Å²) in [6.07, 6.45) is 2.16. The summed E-state index contributed by atoms with van der Waals surface area (Å²) < 4.78 is 16.7. The van der Waals surface area contributed by atoms with Gasteiger partial charge >= 0.3 is 0 Å². The molecule has 2 rings (SSSR count). The third-order valence-corrected chi connectivity index (χ3v) is 4.17. The Morgan fingerprint density at radius 2 is 2.00 bits per heavy atom. The Morgan fingerprint density at radius 3 is 2.68 bits per heavy atom. The molecule has 5 heteroatoms. The standard InChI is InChI=1S/C17H28N2O3/c1-13-10-15(20-3)17(21-4)16(11-13)22-9-5-6-14-12-18-7-8-19(14)2/h10-11,14,18H,5-9,12H2,1-4H3. The number of likely N-dealkylation sites (N-methyl/N-ethyl adjacent to an activating group) is 1. The maximum absolute atomic E-state index is 5.93. The van der Waals surface area contributed by atoms with Crippen molar-refractivity contribution in [3.8, 4) is 17.2 Å². The number of aryl methyl sites for hydroxylation is 1. The van der Waals surface area contributed by atoms with Crippen molar-refractivity contribution >= 4 is 0 Å². The number of ether oxygens (including phenoxy) is 3. The molecule has 1 aromatic carbocycles. The highest BCUT2D eigenvalue weighted by molar-refractivity contribution is 5.53. The molecule has 0 aliphatic carbocycles. The Bertz CT molecular complexity index is 479. The van der Waals surface area contributed by atoms with Gasteiger partial charge in [-0.3, -0.25) is 0 Å². The van der Waals surface area contributed by atoms with Crippen molar-refractivity contribution in [1.82, 2.24) is 10.2 Å². The first-order chi connectivity index (χ1) is 10.7. The third kappa shape index (κ3) is 4.27. The molecule has 0 spiro atoms. The van der Waals surface area contributed by atoms with E-state index < -0.39 is 0 Å². The Labute approximate surface area is 133 Å². The van der Waals surface area contributed by atoms with Crippen LogP contribution in [0, 0.1) is 6.92 Å². The maximum atomic E-state index is 5.93. The molecule has 1 unspecified atom stereocenters. The monoisotopic (exact) mass is 308 g/mol. The van der Waals surface area contributed by atoms with Crippen molar-refractivity contribution in [2.24, 2.45) is 0 Å². The summed E-state index contributed by atoms with van der Waals surface area (Å²) in [5.41, 5.74) is 1.10. The minimum Gasteiger partial charge on any atom is -0.493 e. The normalized spacial score (nSPS) is 19.0. The molecule has 22 heavy (non-hydrogen) atoms. The third-order valence-electron chi connectivity index (χ3n) is 4.17. The van der Waals surface area contributed by atoms with Gasteiger partial charge < -0.3 is 24.4 Å². The van der Waals surface area contributed by atoms with Gasteiger partial charge in [0.15, 0.2) is 11.5 Å². The average molecular weight is 308 g/mol. The van der Waals surface area contributed by atoms with Crippen LogP contribution in [-0.2, 0) is 0 Å². The smallest absolute Gasteiger partial charge is 0.203 e. The van der Waals surface area contributed by atoms with Gasteiger partial charge in [-0.05, 0) is 44.5 Å². The number of piperazine rings is 1. The zero-order valence-corrected chi connectivity index (χ0v) is 14.1. The van der Waals surface area contributed by atoms with E-state index >= 15 is 0 Å². The molecule has 1 heterocycles. The number of hydrogen-bond acceptors (Lipinski definition) is 5. The highest BCUT2D eigenvalue weighted by Gasteiger charge is 2.18. The summed E-state index contributed by atoms with van der Waals surface area (Å²) in [6, 6.07) is 4.55. The SMILES string of the molecule is COc1cc(C)cc(OCCCC2CNCCN2C)c1OC. The minimum absolute atomic E-state index is 0.603. The molecule has 1 saturated heterocycles. The molecule has 1 N–H and O–H groups in total. The van der Waals surface area contributed by atoms with Crippen LogP contribution in [0.5, 0.6) is 17.2 Å². The van der Waals surface area contributed by atoms with E-state index in [1.165, 1.54) is 0 Å². The number of nitrogens with one attached hydrogen (secondary N) is 1. The quantitative estimate of drug-likeness (QED) is 0.781. The molecular formula is C17H28N2O3. The van der Waals surface area contributed by atoms with E-state index in [2.05, 4.69) is 17.3 Å². The van der Waals surface area contributed by atoms with Crippen molar-refractivity contribution in [2.75, 3.05) is 47.5 Å². The maximum Gasteiger partial charge on any atom is 0.203 e. The Morgan fingerprint density at radius 1 is 1.23 bits per heavy atom. The number of benzene rings is 1. The van der Waals surface area contributed by atoms with Gasteiger partial charge in [-0.25, -0.2) is 0 Å². The molecule has 0 bridgehead atoms. The number of methoxy groups -OCH3 is 2. The van der Waals surface area contributed by atoms with Crippen molar-refractivity contribution in [3.05, 3.63) is 17.7 Å². The summed E-state index contributed by atoms with van der Waals surface area (Å²) >= 11 is 0. The van der Waals surface area contributed by atoms with Crippen LogP contribution < -0.4 is 19.5 Å². The first-order valence-corrected chi connectivity index (χ1v) is 7.92. The van der Waals surface area contributed by atoms with E-state index in [1.807, 2.05) is 19.1 Å². The van der Waals surface area contributed by atoms with Crippen molar-refractivity contribution < 1.29 is 14.2 Å². The molecule has 0 radical (unpaired) electrons. The molecule has 5 nitrogen and oxygen atoms in total. The van der Waals surface area contributed by atoms with Crippen LogP contribution in [-0.4, -0.2) is 58.5 Å². The topological polar surface area (TPSA) is 43.0 Å². The average Bonchev–Trinajstić information content (AvgIpc) is 2.52. The lowest BCUT2D eigenvalue weighted by atomic mass is 10.1. The van der Waals surface area contributed by atoms with Crippen LogP contribution in [0.15, 0.2) is 12.1 Å². The second-order valence-electron chi connectivity index (χ2n) is 5.83. The largest absolute Gasteiger partial charge is 0.493 e. The lowest BCUT2D eigenvalue weighted by molar-refractivity contribution is 0.177. The van der Waals surface area contributed by atoms with Crippen molar-refractivity contribution in [3.63, 3.8) is 0 Å². The predicted molar refractivity (Wildman–Crippen MR) is 88.3 cm³/mol. The van der Waals surface area contributed by atoms with Gasteiger partial charge in [0.1, 0.15) is 0 Å². The lowest BCUT2D eigenvalue weighted by Crippen LogP contribution is -2.49. The number of hydrogen-bond donors (Lipinski definition) is 1. The van der Waals surface area contributed by atoms with E-state index in [-0.39, 0.29) is 0 Å². The zero-order valence-electron chi connectivity index (χ0n) is 14.1. The Kier molecular flexibility index (Phi) is 6.34. The summed E-state index contributed by atoms with van der Waals surface area (Å²) in [4.78, 5) is 2.42. The number of rotatable bonds is 7. The molecule has 1 aliphatic rings. The van der Waals surface area contributed by atoms with Crippen LogP contribution >= 0.6 is 0 Å². The van der Waals surface area contributed by atoms with Crippen molar-refractivity contribution in [2.45, 2.75) is 25.8 Å². The van der Waals surface area contributed by atoms with Crippen LogP contribution in [0.25, 0.3) is 0 Å². The van der Waals surface area contributed by atoms with Gasteiger partial charge in [-0.1, -0.05) is 0 Å². The number of nitrogens with zero attached hydrogens (tertiary/aromatic N) is 1. The van der Waals surface area contributed by atoms with Gasteiger partial charge in [-0.15, -0.1) is 0 Å². The molecule has 0 saturated carbocycles. The summed E-state index contributed by atoms with van der Waals surface area (Å²) in [5, 5.41) is 3.45. The van der Waals surface area contributed by atoms with Crippen molar-refractivity contribution in [1.29, 1.82) is 0 Å². The van der Waals surface area contributed by atoms with E-state index in [4.69, 9.17) is 14.2 Å². The lowest BCUT2D eigenvalue weighted by Gasteiger charge is -2.33. The van der Waals surface area contributed by atoms with E-state index in [1.54, 1.807) is 14.2 Å². The fraction of sp³-hybridized carbons (Fsp3) is 0.647. The molecular weight excluding hydrogens is 280 g/mol. The van der Waals surface area contributed by atoms with Gasteiger partial charge in [0.2, 0.25) is 5.75 Å². The molecule has 1 atom stereocenters. The highest BCUT2D eigenvalue weighted by atomic mass is 16.5. The molecule has 0 aromatic heterocycles. The molecule has 1 aliphatic heterocycles. The summed E-state index contributed by atoms with van der Waals surface area (Å²) in [7, 11) is 5.48. The van der Waals surface area contributed by atoms with Gasteiger partial charge in [0, 0.05) is 25.7 Å². The first kappa shape index (κ1) is 16.9. The first-order valence-electron chi connectivity index (χ1n) is 7.92. The summed E-state index contributed by atoms with van der Waals surface area (Å²) in [5.74, 6) is 2.15. The zero-order chi connectivity index (χ0) is 15.9. The van der Waals surface area contributed by atoms with Gasteiger partial charge in [0.25, 0.3) is 0 Å². The fourth-order valence-corrected chi connectivity index (χ4v) is 2.85. The van der Waals surface area contributed by atoms with Gasteiger partial charge in [-0.2, -0.15) is 0 Å². The van der Waals surface area contributed by atoms with Crippen LogP contribution in [0.3, 0.4) is 0 Å². The van der Waals surface area contributed by atoms with Gasteiger partial charge in [0.05, 0.1) is 20.8 Å². The summed E-state index contributed by atoms with van der Waals surface area (Å²) in [6.45, 7) is 5.99. The fourth-order valence-electron chi connectivity index (χ4n) is 2.85. The molecule has 124 valence electrons. The van der Waals surface area contributed by atoms with E-state index in [0.717, 1.165) is 43.8 Å². The molecule has 0 amide bonds. The molecule has 1 aromatic rings. The molecule has 1 fully saturated rings. The second-order valence-corrected chi connectivity index (χ2v) is 5.83. The van der Waals surface area contributed by atoms with Crippen LogP contribution in [0.1, 0.15) is 18.4 Å². The van der Waals surface area contributed by atoms with E-state index in [0.29, 0.717) is 24.1 Å². The van der Waals surface area contributed by atoms with E-state index in [9.17, 15) is 0 Å². The highest BCUT2D eigenvalue weighted by Crippen LogP contribution is 2.38. The minimum atomic E-state index is 0.603. The Hall–Kier alpha value is -1.46. The predicted octanol–water partition coefficient (Wildman–Crippen LogP) is 2.07. The van der Waals surface area contributed by atoms with Crippen LogP contribution in [0.2, 0.25) is 0 Å².